The lowest BCUT2D eigenvalue weighted by atomic mass is 10.4. The van der Waals surface area contributed by atoms with Gasteiger partial charge in [-0.2, -0.15) is 4.39 Å². The maximum Gasteiger partial charge on any atom is 0.573 e. The van der Waals surface area contributed by atoms with Crippen molar-refractivity contribution in [3.05, 3.63) is 28.4 Å². The summed E-state index contributed by atoms with van der Waals surface area (Å²) >= 11 is 0. The lowest BCUT2D eigenvalue weighted by molar-refractivity contribution is -0.274. The highest BCUT2D eigenvalue weighted by Crippen LogP contribution is 2.20. The molecule has 3 nitrogen and oxygen atoms in total. The predicted octanol–water partition coefficient (Wildman–Crippen LogP) is 1.41. The summed E-state index contributed by atoms with van der Waals surface area (Å²) in [6.45, 7) is 0. The van der Waals surface area contributed by atoms with E-state index >= 15 is 0 Å². The Kier molecular flexibility index (Phi) is 2.26. The molecule has 0 saturated carbocycles. The molecule has 1 aromatic heterocycles. The molecule has 0 unspecified atom stereocenters. The number of alkyl halides is 3. The van der Waals surface area contributed by atoms with Gasteiger partial charge in [0.05, 0.1) is 0 Å². The van der Waals surface area contributed by atoms with E-state index in [1.807, 2.05) is 0 Å². The van der Waals surface area contributed by atoms with Crippen molar-refractivity contribution in [3.8, 4) is 5.75 Å². The van der Waals surface area contributed by atoms with E-state index in [4.69, 9.17) is 0 Å². The van der Waals surface area contributed by atoms with Crippen LogP contribution >= 0.6 is 0 Å². The van der Waals surface area contributed by atoms with Gasteiger partial charge in [0.1, 0.15) is 5.75 Å². The zero-order chi connectivity index (χ0) is 10.1. The van der Waals surface area contributed by atoms with E-state index < -0.39 is 23.6 Å². The Morgan fingerprint density at radius 3 is 2.38 bits per heavy atom. The molecule has 0 radical (unpaired) electrons. The molecular weight excluding hydrogens is 194 g/mol. The third-order valence-corrected chi connectivity index (χ3v) is 1.02. The van der Waals surface area contributed by atoms with Crippen LogP contribution in [0.1, 0.15) is 0 Å². The number of hydrogen-bond donors (Lipinski definition) is 1. The molecule has 0 aliphatic carbocycles. The van der Waals surface area contributed by atoms with Crippen LogP contribution in [0, 0.1) is 5.95 Å². The minimum atomic E-state index is -4.93. The Hall–Kier alpha value is -1.53. The fourth-order valence-corrected chi connectivity index (χ4v) is 0.678. The van der Waals surface area contributed by atoms with Crippen molar-refractivity contribution in [3.63, 3.8) is 0 Å². The molecule has 1 heterocycles. The number of ether oxygens (including phenoxy) is 1. The molecule has 13 heavy (non-hydrogen) atoms. The summed E-state index contributed by atoms with van der Waals surface area (Å²) in [7, 11) is 0. The molecule has 1 rings (SSSR count). The van der Waals surface area contributed by atoms with Gasteiger partial charge in [0.15, 0.2) is 5.95 Å². The van der Waals surface area contributed by atoms with Crippen LogP contribution in [0.2, 0.25) is 0 Å². The van der Waals surface area contributed by atoms with E-state index in [-0.39, 0.29) is 0 Å². The van der Waals surface area contributed by atoms with Crippen LogP contribution in [-0.4, -0.2) is 11.3 Å². The molecule has 1 aromatic rings. The summed E-state index contributed by atoms with van der Waals surface area (Å²) in [6.07, 6.45) is -4.93. The molecule has 0 bridgehead atoms. The Balaban J connectivity index is 2.96. The van der Waals surface area contributed by atoms with Crippen molar-refractivity contribution in [2.24, 2.45) is 0 Å². The Morgan fingerprint density at radius 1 is 1.31 bits per heavy atom. The number of H-pyrrole nitrogens is 1. The van der Waals surface area contributed by atoms with Crippen LogP contribution in [0.5, 0.6) is 5.75 Å². The van der Waals surface area contributed by atoms with Crippen LogP contribution in [-0.2, 0) is 0 Å². The van der Waals surface area contributed by atoms with Crippen molar-refractivity contribution >= 4 is 0 Å². The monoisotopic (exact) mass is 197 g/mol. The third kappa shape index (κ3) is 3.14. The normalized spacial score (nSPS) is 11.4. The van der Waals surface area contributed by atoms with E-state index in [9.17, 15) is 22.4 Å². The number of rotatable bonds is 1. The van der Waals surface area contributed by atoms with Gasteiger partial charge in [-0.15, -0.1) is 13.2 Å². The van der Waals surface area contributed by atoms with Gasteiger partial charge in [-0.25, -0.2) is 0 Å². The lowest BCUT2D eigenvalue weighted by Gasteiger charge is -2.07. The van der Waals surface area contributed by atoms with Gasteiger partial charge in [0.25, 0.3) is 5.56 Å². The smallest absolute Gasteiger partial charge is 0.405 e. The number of hydrogen-bond acceptors (Lipinski definition) is 2. The topological polar surface area (TPSA) is 42.1 Å². The Bertz CT molecular complexity index is 356. The molecule has 0 amide bonds. The van der Waals surface area contributed by atoms with Gasteiger partial charge in [0, 0.05) is 12.1 Å². The van der Waals surface area contributed by atoms with Gasteiger partial charge < -0.3 is 4.74 Å². The molecule has 0 spiro atoms. The van der Waals surface area contributed by atoms with Gasteiger partial charge in [-0.3, -0.25) is 9.78 Å². The van der Waals surface area contributed by atoms with E-state index in [1.54, 1.807) is 4.98 Å². The molecule has 72 valence electrons. The van der Waals surface area contributed by atoms with Crippen molar-refractivity contribution in [1.82, 2.24) is 4.98 Å². The standard InChI is InChI=1S/C6H3F4NO2/c7-4-1-3(2-5(12)11-4)13-6(8,9)10/h1-2H,(H,11,12). The van der Waals surface area contributed by atoms with Crippen LogP contribution < -0.4 is 10.3 Å². The van der Waals surface area contributed by atoms with E-state index in [2.05, 4.69) is 4.74 Å². The molecule has 0 atom stereocenters. The van der Waals surface area contributed by atoms with Crippen LogP contribution in [0.25, 0.3) is 0 Å². The highest BCUT2D eigenvalue weighted by molar-refractivity contribution is 5.18. The van der Waals surface area contributed by atoms with Crippen LogP contribution in [0.15, 0.2) is 16.9 Å². The highest BCUT2D eigenvalue weighted by Gasteiger charge is 2.31. The lowest BCUT2D eigenvalue weighted by Crippen LogP contribution is -2.19. The Morgan fingerprint density at radius 2 is 1.92 bits per heavy atom. The fourth-order valence-electron chi connectivity index (χ4n) is 0.678. The van der Waals surface area contributed by atoms with Gasteiger partial charge >= 0.3 is 6.36 Å². The third-order valence-electron chi connectivity index (χ3n) is 1.02. The first-order valence-corrected chi connectivity index (χ1v) is 3.02. The van der Waals surface area contributed by atoms with E-state index in [0.29, 0.717) is 12.1 Å². The number of aromatic nitrogens is 1. The summed E-state index contributed by atoms with van der Waals surface area (Å²) in [5.74, 6) is -2.07. The van der Waals surface area contributed by atoms with Gasteiger partial charge in [0.2, 0.25) is 0 Å². The predicted molar refractivity (Wildman–Crippen MR) is 33.7 cm³/mol. The summed E-state index contributed by atoms with van der Waals surface area (Å²) < 4.78 is 50.2. The van der Waals surface area contributed by atoms with E-state index in [0.717, 1.165) is 0 Å². The number of aromatic amines is 1. The first-order valence-electron chi connectivity index (χ1n) is 3.02. The summed E-state index contributed by atoms with van der Waals surface area (Å²) in [6, 6.07) is 0.922. The minimum Gasteiger partial charge on any atom is -0.405 e. The first kappa shape index (κ1) is 9.56. The molecular formula is C6H3F4NO2. The summed E-state index contributed by atoms with van der Waals surface area (Å²) in [5, 5.41) is 0. The molecule has 0 aliphatic heterocycles. The maximum atomic E-state index is 12.3. The number of halogens is 4. The van der Waals surface area contributed by atoms with Crippen molar-refractivity contribution in [2.75, 3.05) is 0 Å². The van der Waals surface area contributed by atoms with E-state index in [1.165, 1.54) is 0 Å². The second-order valence-electron chi connectivity index (χ2n) is 2.08. The van der Waals surface area contributed by atoms with Crippen molar-refractivity contribution in [1.29, 1.82) is 0 Å². The molecule has 0 aromatic carbocycles. The zero-order valence-electron chi connectivity index (χ0n) is 5.98. The number of nitrogens with one attached hydrogen (secondary N) is 1. The van der Waals surface area contributed by atoms with Gasteiger partial charge in [-0.1, -0.05) is 0 Å². The molecule has 1 N–H and O–H groups in total. The van der Waals surface area contributed by atoms with Crippen LogP contribution in [0.4, 0.5) is 17.6 Å². The average Bonchev–Trinajstić information content (AvgIpc) is 1.78. The largest absolute Gasteiger partial charge is 0.573 e. The minimum absolute atomic E-state index is 0.425. The second kappa shape index (κ2) is 3.08. The zero-order valence-corrected chi connectivity index (χ0v) is 5.98. The molecule has 7 heteroatoms. The van der Waals surface area contributed by atoms with Crippen LogP contribution in [0.3, 0.4) is 0 Å². The summed E-state index contributed by atoms with van der Waals surface area (Å²) in [4.78, 5) is 12.1. The second-order valence-corrected chi connectivity index (χ2v) is 2.08. The number of pyridine rings is 1. The van der Waals surface area contributed by atoms with Gasteiger partial charge in [-0.05, 0) is 0 Å². The average molecular weight is 197 g/mol. The SMILES string of the molecule is O=c1cc(OC(F)(F)F)cc(F)[nH]1. The first-order chi connectivity index (χ1) is 5.87. The van der Waals surface area contributed by atoms with Crippen molar-refractivity contribution in [2.45, 2.75) is 6.36 Å². The molecule has 0 fully saturated rings. The Labute approximate surface area is 69.0 Å². The van der Waals surface area contributed by atoms with Crippen molar-refractivity contribution < 1.29 is 22.3 Å². The molecule has 0 aliphatic rings. The maximum absolute atomic E-state index is 12.3. The molecule has 0 saturated heterocycles. The fraction of sp³-hybridized carbons (Fsp3) is 0.167. The highest BCUT2D eigenvalue weighted by atomic mass is 19.4. The quantitative estimate of drug-likeness (QED) is 0.546. The summed E-state index contributed by atoms with van der Waals surface area (Å²) in [5.41, 5.74) is -1.00.